The lowest BCUT2D eigenvalue weighted by Crippen LogP contribution is -2.14. The highest BCUT2D eigenvalue weighted by molar-refractivity contribution is 6.30. The van der Waals surface area contributed by atoms with Crippen LogP contribution < -0.4 is 0 Å². The van der Waals surface area contributed by atoms with E-state index in [9.17, 15) is 13.6 Å². The largest absolute Gasteiger partial charge is 0.292 e. The van der Waals surface area contributed by atoms with E-state index in [0.29, 0.717) is 5.56 Å². The van der Waals surface area contributed by atoms with Crippen molar-refractivity contribution in [2.75, 3.05) is 0 Å². The first kappa shape index (κ1) is 15.1. The first-order valence-electron chi connectivity index (χ1n) is 6.09. The van der Waals surface area contributed by atoms with Crippen LogP contribution in [0.3, 0.4) is 0 Å². The van der Waals surface area contributed by atoms with Crippen molar-refractivity contribution in [1.82, 2.24) is 0 Å². The van der Waals surface area contributed by atoms with Gasteiger partial charge in [0.1, 0.15) is 17.6 Å². The molecular weight excluding hydrogens is 296 g/mol. The number of Topliss-reactive ketones (excluding diaryl/α,β-unsaturated/α-hetero) is 1. The molecule has 2 aromatic rings. The molecule has 0 aliphatic heterocycles. The number of nitriles is 1. The van der Waals surface area contributed by atoms with E-state index in [2.05, 4.69) is 0 Å². The molecule has 0 amide bonds. The van der Waals surface area contributed by atoms with E-state index in [0.717, 1.165) is 0 Å². The van der Waals surface area contributed by atoms with Crippen LogP contribution in [0.2, 0.25) is 5.02 Å². The number of carbonyl (C=O) groups is 1. The highest BCUT2D eigenvalue weighted by Crippen LogP contribution is 2.28. The molecule has 0 bridgehead atoms. The summed E-state index contributed by atoms with van der Waals surface area (Å²) >= 11 is 5.65. The highest BCUT2D eigenvalue weighted by Gasteiger charge is 2.27. The van der Waals surface area contributed by atoms with Gasteiger partial charge < -0.3 is 0 Å². The molecule has 0 aromatic heterocycles. The van der Waals surface area contributed by atoms with Gasteiger partial charge in [-0.1, -0.05) is 29.8 Å². The summed E-state index contributed by atoms with van der Waals surface area (Å²) in [4.78, 5) is 12.3. The molecule has 2 rings (SSSR count). The molecule has 1 atom stereocenters. The Kier molecular flexibility index (Phi) is 4.35. The minimum atomic E-state index is -1.44. The second-order valence-corrected chi connectivity index (χ2v) is 4.96. The van der Waals surface area contributed by atoms with E-state index in [1.807, 2.05) is 0 Å². The van der Waals surface area contributed by atoms with Gasteiger partial charge in [-0.15, -0.1) is 0 Å². The molecule has 106 valence electrons. The Morgan fingerprint density at radius 2 is 2.00 bits per heavy atom. The molecule has 1 unspecified atom stereocenters. The fourth-order valence-corrected chi connectivity index (χ4v) is 2.17. The third kappa shape index (κ3) is 2.93. The minimum Gasteiger partial charge on any atom is -0.292 e. The third-order valence-electron chi connectivity index (χ3n) is 3.07. The maximum atomic E-state index is 14.0. The van der Waals surface area contributed by atoms with Crippen molar-refractivity contribution in [2.45, 2.75) is 12.8 Å². The van der Waals surface area contributed by atoms with Crippen LogP contribution in [0.5, 0.6) is 0 Å². The normalized spacial score (nSPS) is 11.8. The maximum Gasteiger partial charge on any atom is 0.187 e. The topological polar surface area (TPSA) is 40.9 Å². The average Bonchev–Trinajstić information content (AvgIpc) is 2.44. The Labute approximate surface area is 125 Å². The molecule has 0 saturated carbocycles. The molecule has 0 aliphatic rings. The van der Waals surface area contributed by atoms with Gasteiger partial charge in [-0.05, 0) is 30.7 Å². The number of carbonyl (C=O) groups excluding carboxylic acids is 1. The van der Waals surface area contributed by atoms with E-state index in [-0.39, 0.29) is 16.1 Å². The second-order valence-electron chi connectivity index (χ2n) is 4.55. The fourth-order valence-electron chi connectivity index (χ4n) is 1.99. The Bertz CT molecular complexity index is 752. The fraction of sp³-hybridized carbons (Fsp3) is 0.125. The smallest absolute Gasteiger partial charge is 0.187 e. The van der Waals surface area contributed by atoms with Gasteiger partial charge in [0.05, 0.1) is 16.7 Å². The summed E-state index contributed by atoms with van der Waals surface area (Å²) in [6.07, 6.45) is 0. The summed E-state index contributed by atoms with van der Waals surface area (Å²) < 4.78 is 27.8. The second kappa shape index (κ2) is 6.02. The number of aryl methyl sites for hydroxylation is 1. The molecule has 21 heavy (non-hydrogen) atoms. The predicted octanol–water partition coefficient (Wildman–Crippen LogP) is 4.42. The van der Waals surface area contributed by atoms with Gasteiger partial charge in [-0.3, -0.25) is 4.79 Å². The highest BCUT2D eigenvalue weighted by atomic mass is 35.5. The van der Waals surface area contributed by atoms with Gasteiger partial charge >= 0.3 is 0 Å². The van der Waals surface area contributed by atoms with Gasteiger partial charge in [-0.2, -0.15) is 5.26 Å². The van der Waals surface area contributed by atoms with E-state index in [4.69, 9.17) is 16.9 Å². The summed E-state index contributed by atoms with van der Waals surface area (Å²) in [5.41, 5.74) is 0.244. The monoisotopic (exact) mass is 305 g/mol. The van der Waals surface area contributed by atoms with Crippen LogP contribution in [-0.4, -0.2) is 5.78 Å². The van der Waals surface area contributed by atoms with Crippen LogP contribution in [0.4, 0.5) is 8.78 Å². The number of nitrogens with zero attached hydrogens (tertiary/aromatic N) is 1. The van der Waals surface area contributed by atoms with Crippen molar-refractivity contribution in [3.05, 3.63) is 69.7 Å². The molecule has 0 N–H and O–H groups in total. The zero-order valence-electron chi connectivity index (χ0n) is 11.0. The number of rotatable bonds is 3. The molecule has 0 heterocycles. The number of benzene rings is 2. The summed E-state index contributed by atoms with van der Waals surface area (Å²) in [7, 11) is 0. The lowest BCUT2D eigenvalue weighted by atomic mass is 9.91. The van der Waals surface area contributed by atoms with Gasteiger partial charge in [0.2, 0.25) is 0 Å². The average molecular weight is 306 g/mol. The van der Waals surface area contributed by atoms with Crippen molar-refractivity contribution in [2.24, 2.45) is 0 Å². The quantitative estimate of drug-likeness (QED) is 0.788. The summed E-state index contributed by atoms with van der Waals surface area (Å²) in [5.74, 6) is -3.81. The van der Waals surface area contributed by atoms with Crippen molar-refractivity contribution in [1.29, 1.82) is 5.26 Å². The molecule has 0 radical (unpaired) electrons. The predicted molar refractivity (Wildman–Crippen MR) is 75.2 cm³/mol. The standard InChI is InChI=1S/C16H10ClF2NO/c1-9-5-6-11(14(18)7-9)16(21)12(8-20)10-3-2-4-13(17)15(10)19/h2-7,12H,1H3. The molecule has 0 fully saturated rings. The van der Waals surface area contributed by atoms with Gasteiger partial charge in [-0.25, -0.2) is 8.78 Å². The third-order valence-corrected chi connectivity index (χ3v) is 3.37. The minimum absolute atomic E-state index is 0.157. The van der Waals surface area contributed by atoms with Crippen LogP contribution in [0, 0.1) is 29.9 Å². The number of halogens is 3. The molecule has 2 nitrogen and oxygen atoms in total. The molecule has 0 aliphatic carbocycles. The first-order valence-corrected chi connectivity index (χ1v) is 6.47. The molecule has 5 heteroatoms. The van der Waals surface area contributed by atoms with Crippen LogP contribution >= 0.6 is 11.6 Å². The number of hydrogen-bond donors (Lipinski definition) is 0. The lowest BCUT2D eigenvalue weighted by Gasteiger charge is -2.11. The van der Waals surface area contributed by atoms with Gasteiger partial charge in [0.25, 0.3) is 0 Å². The number of hydrogen-bond acceptors (Lipinski definition) is 2. The molecular formula is C16H10ClF2NO. The van der Waals surface area contributed by atoms with E-state index in [1.165, 1.54) is 30.3 Å². The summed E-state index contributed by atoms with van der Waals surface area (Å²) in [6.45, 7) is 1.68. The van der Waals surface area contributed by atoms with Crippen LogP contribution in [0.1, 0.15) is 27.4 Å². The first-order chi connectivity index (χ1) is 9.95. The van der Waals surface area contributed by atoms with E-state index < -0.39 is 23.3 Å². The zero-order chi connectivity index (χ0) is 15.6. The van der Waals surface area contributed by atoms with E-state index >= 15 is 0 Å². The molecule has 0 spiro atoms. The van der Waals surface area contributed by atoms with Crippen molar-refractivity contribution in [3.63, 3.8) is 0 Å². The van der Waals surface area contributed by atoms with Crippen LogP contribution in [0.15, 0.2) is 36.4 Å². The van der Waals surface area contributed by atoms with Gasteiger partial charge in [0.15, 0.2) is 5.78 Å². The van der Waals surface area contributed by atoms with Crippen molar-refractivity contribution in [3.8, 4) is 6.07 Å². The SMILES string of the molecule is Cc1ccc(C(=O)C(C#N)c2cccc(Cl)c2F)c(F)c1. The summed E-state index contributed by atoms with van der Waals surface area (Å²) in [5, 5.41) is 8.98. The summed E-state index contributed by atoms with van der Waals surface area (Å²) in [6, 6.07) is 9.78. The van der Waals surface area contributed by atoms with E-state index in [1.54, 1.807) is 19.1 Å². The molecule has 2 aromatic carbocycles. The Balaban J connectivity index is 2.49. The Hall–Kier alpha value is -2.25. The maximum absolute atomic E-state index is 14.0. The van der Waals surface area contributed by atoms with Crippen LogP contribution in [-0.2, 0) is 0 Å². The zero-order valence-corrected chi connectivity index (χ0v) is 11.8. The van der Waals surface area contributed by atoms with Crippen LogP contribution in [0.25, 0.3) is 0 Å². The lowest BCUT2D eigenvalue weighted by molar-refractivity contribution is 0.0973. The van der Waals surface area contributed by atoms with Crippen molar-refractivity contribution < 1.29 is 13.6 Å². The number of ketones is 1. The van der Waals surface area contributed by atoms with Crippen molar-refractivity contribution >= 4 is 17.4 Å². The van der Waals surface area contributed by atoms with Gasteiger partial charge in [0, 0.05) is 5.56 Å². The molecule has 0 saturated heterocycles. The Morgan fingerprint density at radius 1 is 1.29 bits per heavy atom. The Morgan fingerprint density at radius 3 is 2.62 bits per heavy atom.